The van der Waals surface area contributed by atoms with Gasteiger partial charge in [-0.25, -0.2) is 0 Å². The van der Waals surface area contributed by atoms with Crippen LogP contribution in [0.4, 0.5) is 0 Å². The molecule has 1 aliphatic heterocycles. The van der Waals surface area contributed by atoms with Crippen LogP contribution in [0.25, 0.3) is 0 Å². The molecule has 0 aliphatic carbocycles. The second kappa shape index (κ2) is 6.38. The van der Waals surface area contributed by atoms with Gasteiger partial charge in [-0.3, -0.25) is 4.79 Å². The molecule has 2 unspecified atom stereocenters. The number of amides is 1. The predicted octanol–water partition coefficient (Wildman–Crippen LogP) is 2.94. The molecule has 2 rings (SSSR count). The van der Waals surface area contributed by atoms with Crippen LogP contribution < -0.4 is 0 Å². The van der Waals surface area contributed by atoms with Crippen LogP contribution in [0.3, 0.4) is 0 Å². The minimum absolute atomic E-state index is 0.00554. The van der Waals surface area contributed by atoms with Gasteiger partial charge in [-0.15, -0.1) is 0 Å². The summed E-state index contributed by atoms with van der Waals surface area (Å²) >= 11 is 0. The molecule has 19 heavy (non-hydrogen) atoms. The first kappa shape index (κ1) is 13.6. The second-order valence-corrected chi connectivity index (χ2v) is 5.12. The summed E-state index contributed by atoms with van der Waals surface area (Å²) in [6.07, 6.45) is 2.66. The summed E-state index contributed by atoms with van der Waals surface area (Å²) in [7, 11) is 0. The van der Waals surface area contributed by atoms with Crippen molar-refractivity contribution in [2.75, 3.05) is 13.1 Å². The van der Waals surface area contributed by atoms with Crippen LogP contribution in [0.15, 0.2) is 30.3 Å². The number of likely N-dealkylation sites (tertiary alicyclic amines) is 1. The number of hydrogen-bond acceptors (Lipinski definition) is 2. The summed E-state index contributed by atoms with van der Waals surface area (Å²) in [4.78, 5) is 14.5. The number of hydrogen-bond donors (Lipinski definition) is 0. The topological polar surface area (TPSA) is 44.1 Å². The normalized spacial score (nSPS) is 20.6. The molecular formula is C16H20N2O. The van der Waals surface area contributed by atoms with E-state index in [4.69, 9.17) is 5.26 Å². The average Bonchev–Trinajstić information content (AvgIpc) is 2.49. The van der Waals surface area contributed by atoms with Gasteiger partial charge >= 0.3 is 0 Å². The summed E-state index contributed by atoms with van der Waals surface area (Å²) in [6.45, 7) is 3.43. The van der Waals surface area contributed by atoms with Crippen molar-refractivity contribution in [2.24, 2.45) is 5.92 Å². The minimum atomic E-state index is -0.0707. The Morgan fingerprint density at radius 1 is 1.47 bits per heavy atom. The van der Waals surface area contributed by atoms with E-state index >= 15 is 0 Å². The number of benzene rings is 1. The largest absolute Gasteiger partial charge is 0.341 e. The molecule has 1 amide bonds. The molecule has 1 fully saturated rings. The van der Waals surface area contributed by atoms with Crippen molar-refractivity contribution in [3.63, 3.8) is 0 Å². The lowest BCUT2D eigenvalue weighted by molar-refractivity contribution is -0.134. The van der Waals surface area contributed by atoms with Gasteiger partial charge < -0.3 is 4.90 Å². The van der Waals surface area contributed by atoms with Gasteiger partial charge in [0.05, 0.1) is 17.9 Å². The number of rotatable bonds is 3. The monoisotopic (exact) mass is 256 g/mol. The molecule has 0 spiro atoms. The molecule has 0 radical (unpaired) electrons. The highest BCUT2D eigenvalue weighted by Crippen LogP contribution is 2.25. The van der Waals surface area contributed by atoms with E-state index in [0.29, 0.717) is 6.54 Å². The van der Waals surface area contributed by atoms with E-state index < -0.39 is 0 Å². The van der Waals surface area contributed by atoms with Crippen molar-refractivity contribution in [2.45, 2.75) is 32.1 Å². The minimum Gasteiger partial charge on any atom is -0.341 e. The van der Waals surface area contributed by atoms with E-state index in [9.17, 15) is 4.79 Å². The molecule has 3 heteroatoms. The number of carbonyl (C=O) groups is 1. The van der Waals surface area contributed by atoms with Crippen molar-refractivity contribution >= 4 is 5.91 Å². The summed E-state index contributed by atoms with van der Waals surface area (Å²) in [6, 6.07) is 12.2. The van der Waals surface area contributed by atoms with Crippen LogP contribution >= 0.6 is 0 Å². The SMILES string of the molecule is CCC(C(=O)N1CCCC(C#N)C1)c1ccccc1. The van der Waals surface area contributed by atoms with E-state index in [1.54, 1.807) is 0 Å². The van der Waals surface area contributed by atoms with Crippen LogP contribution in [0.1, 0.15) is 37.7 Å². The zero-order valence-corrected chi connectivity index (χ0v) is 11.4. The van der Waals surface area contributed by atoms with Crippen molar-refractivity contribution in [1.82, 2.24) is 4.90 Å². The van der Waals surface area contributed by atoms with E-state index in [-0.39, 0.29) is 17.7 Å². The van der Waals surface area contributed by atoms with Gasteiger partial charge in [0.25, 0.3) is 0 Å². The molecule has 1 aromatic carbocycles. The highest BCUT2D eigenvalue weighted by Gasteiger charge is 2.28. The van der Waals surface area contributed by atoms with Crippen molar-refractivity contribution in [1.29, 1.82) is 5.26 Å². The van der Waals surface area contributed by atoms with Crippen LogP contribution in [0.2, 0.25) is 0 Å². The Hall–Kier alpha value is -1.82. The van der Waals surface area contributed by atoms with Crippen LogP contribution in [0.5, 0.6) is 0 Å². The van der Waals surface area contributed by atoms with Crippen LogP contribution in [-0.2, 0) is 4.79 Å². The summed E-state index contributed by atoms with van der Waals surface area (Å²) in [5.74, 6) is 0.110. The van der Waals surface area contributed by atoms with Crippen molar-refractivity contribution < 1.29 is 4.79 Å². The fourth-order valence-corrected chi connectivity index (χ4v) is 2.74. The number of nitriles is 1. The highest BCUT2D eigenvalue weighted by atomic mass is 16.2. The fraction of sp³-hybridized carbons (Fsp3) is 0.500. The lowest BCUT2D eigenvalue weighted by Gasteiger charge is -2.32. The molecule has 0 aromatic heterocycles. The molecule has 1 saturated heterocycles. The molecule has 0 N–H and O–H groups in total. The predicted molar refractivity (Wildman–Crippen MR) is 74.4 cm³/mol. The summed E-state index contributed by atoms with van der Waals surface area (Å²) in [5.41, 5.74) is 1.08. The average molecular weight is 256 g/mol. The maximum Gasteiger partial charge on any atom is 0.230 e. The first-order valence-electron chi connectivity index (χ1n) is 6.99. The van der Waals surface area contributed by atoms with Gasteiger partial charge in [-0.2, -0.15) is 5.26 Å². The summed E-state index contributed by atoms with van der Waals surface area (Å²) in [5, 5.41) is 9.02. The van der Waals surface area contributed by atoms with Crippen LogP contribution in [-0.4, -0.2) is 23.9 Å². The molecule has 0 bridgehead atoms. The smallest absolute Gasteiger partial charge is 0.230 e. The standard InChI is InChI=1S/C16H20N2O/c1-2-15(14-8-4-3-5-9-14)16(19)18-10-6-7-13(11-17)12-18/h3-5,8-9,13,15H,2,6-7,10,12H2,1H3. The third kappa shape index (κ3) is 3.14. The van der Waals surface area contributed by atoms with Gasteiger partial charge in [0, 0.05) is 13.1 Å². The number of piperidine rings is 1. The third-order valence-corrected chi connectivity index (χ3v) is 3.82. The lowest BCUT2D eigenvalue weighted by atomic mass is 9.92. The van der Waals surface area contributed by atoms with E-state index in [0.717, 1.165) is 31.4 Å². The Labute approximate surface area is 114 Å². The van der Waals surface area contributed by atoms with E-state index in [1.165, 1.54) is 0 Å². The molecule has 1 aromatic rings. The maximum atomic E-state index is 12.6. The van der Waals surface area contributed by atoms with Crippen LogP contribution in [0, 0.1) is 17.2 Å². The zero-order valence-electron chi connectivity index (χ0n) is 11.4. The Bertz CT molecular complexity index is 463. The zero-order chi connectivity index (χ0) is 13.7. The molecule has 100 valence electrons. The Morgan fingerprint density at radius 2 is 2.21 bits per heavy atom. The molecule has 3 nitrogen and oxygen atoms in total. The van der Waals surface area contributed by atoms with Crippen molar-refractivity contribution in [3.05, 3.63) is 35.9 Å². The fourth-order valence-electron chi connectivity index (χ4n) is 2.74. The molecule has 2 atom stereocenters. The highest BCUT2D eigenvalue weighted by molar-refractivity contribution is 5.83. The first-order valence-corrected chi connectivity index (χ1v) is 6.99. The van der Waals surface area contributed by atoms with E-state index in [1.807, 2.05) is 42.2 Å². The third-order valence-electron chi connectivity index (χ3n) is 3.82. The summed E-state index contributed by atoms with van der Waals surface area (Å²) < 4.78 is 0. The van der Waals surface area contributed by atoms with Crippen molar-refractivity contribution in [3.8, 4) is 6.07 Å². The van der Waals surface area contributed by atoms with Gasteiger partial charge in [0.1, 0.15) is 0 Å². The molecule has 0 saturated carbocycles. The Balaban J connectivity index is 2.11. The number of carbonyl (C=O) groups excluding carboxylic acids is 1. The Kier molecular flexibility index (Phi) is 4.57. The second-order valence-electron chi connectivity index (χ2n) is 5.12. The maximum absolute atomic E-state index is 12.6. The van der Waals surface area contributed by atoms with E-state index in [2.05, 4.69) is 6.07 Å². The van der Waals surface area contributed by atoms with Gasteiger partial charge in [0.15, 0.2) is 0 Å². The lowest BCUT2D eigenvalue weighted by Crippen LogP contribution is -2.42. The van der Waals surface area contributed by atoms with Gasteiger partial charge in [-0.05, 0) is 24.8 Å². The molecular weight excluding hydrogens is 236 g/mol. The quantitative estimate of drug-likeness (QED) is 0.834. The molecule has 1 heterocycles. The Morgan fingerprint density at radius 3 is 2.84 bits per heavy atom. The first-order chi connectivity index (χ1) is 9.26. The number of nitrogens with zero attached hydrogens (tertiary/aromatic N) is 2. The van der Waals surface area contributed by atoms with Gasteiger partial charge in [0.2, 0.25) is 5.91 Å². The van der Waals surface area contributed by atoms with Gasteiger partial charge in [-0.1, -0.05) is 37.3 Å². The molecule has 1 aliphatic rings.